The largest absolute Gasteiger partial charge is 0.389 e. The summed E-state index contributed by atoms with van der Waals surface area (Å²) in [6.07, 6.45) is -0.304. The van der Waals surface area contributed by atoms with Crippen LogP contribution in [0.3, 0.4) is 0 Å². The van der Waals surface area contributed by atoms with E-state index in [1.165, 1.54) is 12.8 Å². The molecule has 1 fully saturated rings. The second-order valence-electron chi connectivity index (χ2n) is 4.96. The van der Waals surface area contributed by atoms with Gasteiger partial charge in [-0.15, -0.1) is 0 Å². The van der Waals surface area contributed by atoms with Crippen molar-refractivity contribution >= 4 is 0 Å². The molecule has 0 spiro atoms. The molecule has 102 valence electrons. The van der Waals surface area contributed by atoms with E-state index in [1.54, 1.807) is 0 Å². The normalized spacial score (nSPS) is 22.9. The number of hydrogen-bond donors (Lipinski definition) is 2. The highest BCUT2D eigenvalue weighted by Crippen LogP contribution is 2.21. The predicted molar refractivity (Wildman–Crippen MR) is 63.0 cm³/mol. The minimum Gasteiger partial charge on any atom is -0.314 e. The zero-order valence-corrected chi connectivity index (χ0v) is 10.4. The Balaban J connectivity index is 1.94. The average molecular weight is 252 g/mol. The molecule has 1 rings (SSSR count). The minimum atomic E-state index is -4.00. The lowest BCUT2D eigenvalue weighted by atomic mass is 10.1. The van der Waals surface area contributed by atoms with E-state index in [9.17, 15) is 13.2 Å². The van der Waals surface area contributed by atoms with Gasteiger partial charge in [0.2, 0.25) is 0 Å². The molecule has 17 heavy (non-hydrogen) atoms. The van der Waals surface area contributed by atoms with E-state index in [4.69, 9.17) is 0 Å². The average Bonchev–Trinajstić information content (AvgIpc) is 2.68. The van der Waals surface area contributed by atoms with Gasteiger partial charge in [-0.2, -0.15) is 13.2 Å². The molecule has 0 radical (unpaired) electrons. The fourth-order valence-corrected chi connectivity index (χ4v) is 2.27. The van der Waals surface area contributed by atoms with Crippen LogP contribution in [0, 0.1) is 0 Å². The van der Waals surface area contributed by atoms with Crippen molar-refractivity contribution in [2.75, 3.05) is 13.1 Å². The monoisotopic (exact) mass is 252 g/mol. The third-order valence-corrected chi connectivity index (χ3v) is 3.18. The first kappa shape index (κ1) is 14.8. The maximum atomic E-state index is 11.9. The van der Waals surface area contributed by atoms with Crippen molar-refractivity contribution in [1.29, 1.82) is 0 Å². The van der Waals surface area contributed by atoms with Crippen molar-refractivity contribution < 1.29 is 13.2 Å². The molecule has 0 aromatic rings. The molecule has 0 amide bonds. The number of alkyl halides is 3. The Hall–Kier alpha value is -0.290. The van der Waals surface area contributed by atoms with Gasteiger partial charge in [0.05, 0.1) is 0 Å². The zero-order valence-electron chi connectivity index (χ0n) is 10.4. The van der Waals surface area contributed by atoms with Gasteiger partial charge in [-0.1, -0.05) is 0 Å². The Morgan fingerprint density at radius 2 is 2.12 bits per heavy atom. The summed E-state index contributed by atoms with van der Waals surface area (Å²) in [4.78, 5) is 0. The van der Waals surface area contributed by atoms with Crippen LogP contribution in [0.5, 0.6) is 0 Å². The van der Waals surface area contributed by atoms with Gasteiger partial charge in [-0.05, 0) is 52.1 Å². The Morgan fingerprint density at radius 1 is 1.35 bits per heavy atom. The highest BCUT2D eigenvalue weighted by molar-refractivity contribution is 4.78. The summed E-state index contributed by atoms with van der Waals surface area (Å²) in [6.45, 7) is 3.89. The lowest BCUT2D eigenvalue weighted by Crippen LogP contribution is -2.34. The molecule has 1 saturated heterocycles. The van der Waals surface area contributed by atoms with Crippen molar-refractivity contribution in [3.63, 3.8) is 0 Å². The van der Waals surface area contributed by atoms with Gasteiger partial charge in [0, 0.05) is 18.5 Å². The quantitative estimate of drug-likeness (QED) is 0.681. The summed E-state index contributed by atoms with van der Waals surface area (Å²) < 4.78 is 35.7. The first-order valence-electron chi connectivity index (χ1n) is 6.51. The Bertz CT molecular complexity index is 200. The van der Waals surface area contributed by atoms with Crippen LogP contribution in [0.4, 0.5) is 13.2 Å². The Labute approximate surface area is 101 Å². The van der Waals surface area contributed by atoms with E-state index in [-0.39, 0.29) is 6.42 Å². The topological polar surface area (TPSA) is 24.1 Å². The second-order valence-corrected chi connectivity index (χ2v) is 4.96. The van der Waals surface area contributed by atoms with Crippen LogP contribution < -0.4 is 10.6 Å². The van der Waals surface area contributed by atoms with Gasteiger partial charge in [0.1, 0.15) is 0 Å². The number of halogens is 3. The predicted octanol–water partition coefficient (Wildman–Crippen LogP) is 2.84. The maximum Gasteiger partial charge on any atom is 0.389 e. The van der Waals surface area contributed by atoms with E-state index in [1.807, 2.05) is 0 Å². The fourth-order valence-electron chi connectivity index (χ4n) is 2.27. The molecule has 0 aromatic carbocycles. The van der Waals surface area contributed by atoms with E-state index >= 15 is 0 Å². The number of rotatable bonds is 7. The molecule has 1 aliphatic rings. The second kappa shape index (κ2) is 7.21. The molecule has 5 heteroatoms. The molecule has 0 aromatic heterocycles. The SMILES string of the molecule is CC(CC1CCCN1)NCCCCC(F)(F)F. The molecular weight excluding hydrogens is 229 g/mol. The molecule has 0 bridgehead atoms. The summed E-state index contributed by atoms with van der Waals surface area (Å²) in [5.74, 6) is 0. The molecule has 2 atom stereocenters. The number of unbranched alkanes of at least 4 members (excludes halogenated alkanes) is 1. The summed E-state index contributed by atoms with van der Waals surface area (Å²) in [5, 5.41) is 6.71. The molecule has 0 aliphatic carbocycles. The van der Waals surface area contributed by atoms with E-state index in [0.29, 0.717) is 25.0 Å². The first-order chi connectivity index (χ1) is 7.97. The molecule has 1 heterocycles. The zero-order chi connectivity index (χ0) is 12.7. The number of hydrogen-bond acceptors (Lipinski definition) is 2. The van der Waals surface area contributed by atoms with Crippen LogP contribution in [0.1, 0.15) is 45.4 Å². The third kappa shape index (κ3) is 7.60. The Morgan fingerprint density at radius 3 is 2.71 bits per heavy atom. The third-order valence-electron chi connectivity index (χ3n) is 3.18. The van der Waals surface area contributed by atoms with Crippen molar-refractivity contribution in [3.05, 3.63) is 0 Å². The van der Waals surface area contributed by atoms with Gasteiger partial charge >= 0.3 is 6.18 Å². The molecule has 2 nitrogen and oxygen atoms in total. The molecular formula is C12H23F3N2. The van der Waals surface area contributed by atoms with Crippen LogP contribution in [-0.2, 0) is 0 Å². The molecule has 2 unspecified atom stereocenters. The van der Waals surface area contributed by atoms with Gasteiger partial charge < -0.3 is 10.6 Å². The van der Waals surface area contributed by atoms with Gasteiger partial charge in [0.15, 0.2) is 0 Å². The van der Waals surface area contributed by atoms with Crippen molar-refractivity contribution in [1.82, 2.24) is 10.6 Å². The van der Waals surface area contributed by atoms with Crippen LogP contribution in [0.25, 0.3) is 0 Å². The standard InChI is InChI=1S/C12H23F3N2/c1-10(9-11-5-4-8-17-11)16-7-3-2-6-12(13,14)15/h10-11,16-17H,2-9H2,1H3. The summed E-state index contributed by atoms with van der Waals surface area (Å²) >= 11 is 0. The van der Waals surface area contributed by atoms with Gasteiger partial charge in [-0.3, -0.25) is 0 Å². The van der Waals surface area contributed by atoms with Gasteiger partial charge in [0.25, 0.3) is 0 Å². The lowest BCUT2D eigenvalue weighted by Gasteiger charge is -2.18. The fraction of sp³-hybridized carbons (Fsp3) is 1.00. The highest BCUT2D eigenvalue weighted by atomic mass is 19.4. The summed E-state index contributed by atoms with van der Waals surface area (Å²) in [6, 6.07) is 0.976. The lowest BCUT2D eigenvalue weighted by molar-refractivity contribution is -0.135. The minimum absolute atomic E-state index is 0.227. The van der Waals surface area contributed by atoms with Crippen LogP contribution in [0.15, 0.2) is 0 Å². The summed E-state index contributed by atoms with van der Waals surface area (Å²) in [5.41, 5.74) is 0. The maximum absolute atomic E-state index is 11.9. The van der Waals surface area contributed by atoms with Crippen molar-refractivity contribution in [2.24, 2.45) is 0 Å². The highest BCUT2D eigenvalue weighted by Gasteiger charge is 2.25. The van der Waals surface area contributed by atoms with Gasteiger partial charge in [-0.25, -0.2) is 0 Å². The molecule has 1 aliphatic heterocycles. The Kier molecular flexibility index (Phi) is 6.27. The molecule has 2 N–H and O–H groups in total. The first-order valence-corrected chi connectivity index (χ1v) is 6.51. The van der Waals surface area contributed by atoms with Crippen LogP contribution in [-0.4, -0.2) is 31.3 Å². The van der Waals surface area contributed by atoms with Crippen LogP contribution in [0.2, 0.25) is 0 Å². The van der Waals surface area contributed by atoms with Crippen molar-refractivity contribution in [2.45, 2.75) is 63.7 Å². The van der Waals surface area contributed by atoms with Crippen LogP contribution >= 0.6 is 0 Å². The number of nitrogens with one attached hydrogen (secondary N) is 2. The summed E-state index contributed by atoms with van der Waals surface area (Å²) in [7, 11) is 0. The van der Waals surface area contributed by atoms with E-state index in [0.717, 1.165) is 13.0 Å². The van der Waals surface area contributed by atoms with E-state index in [2.05, 4.69) is 17.6 Å². The smallest absolute Gasteiger partial charge is 0.314 e. The van der Waals surface area contributed by atoms with Crippen molar-refractivity contribution in [3.8, 4) is 0 Å². The van der Waals surface area contributed by atoms with E-state index < -0.39 is 12.6 Å². The molecule has 0 saturated carbocycles.